The average molecular weight is 259 g/mol. The number of hydrogen-bond donors (Lipinski definition) is 1. The van der Waals surface area contributed by atoms with Gasteiger partial charge in [-0.15, -0.1) is 0 Å². The molecule has 2 aliphatic heterocycles. The number of ether oxygens (including phenoxy) is 1. The molecule has 2 atom stereocenters. The van der Waals surface area contributed by atoms with Gasteiger partial charge in [-0.25, -0.2) is 8.42 Å². The maximum atomic E-state index is 11.5. The fraction of sp³-hybridized carbons (Fsp3) is 0.727. The van der Waals surface area contributed by atoms with Gasteiger partial charge in [-0.05, 0) is 25.3 Å². The summed E-state index contributed by atoms with van der Waals surface area (Å²) in [5, 5.41) is 2.82. The van der Waals surface area contributed by atoms with Gasteiger partial charge in [0.25, 0.3) is 0 Å². The number of rotatable bonds is 2. The summed E-state index contributed by atoms with van der Waals surface area (Å²) in [5.74, 6) is 0.0585. The predicted octanol–water partition coefficient (Wildman–Crippen LogP) is 0.0249. The van der Waals surface area contributed by atoms with E-state index in [-0.39, 0.29) is 23.5 Å². The SMILES string of the molecule is C=CC(=O)N[C@H]1CCO[C@@]2(CCS(=O)(=O)C2)C1. The zero-order chi connectivity index (χ0) is 12.5. The summed E-state index contributed by atoms with van der Waals surface area (Å²) in [5.41, 5.74) is -0.573. The second-order valence-corrected chi connectivity index (χ2v) is 6.96. The van der Waals surface area contributed by atoms with E-state index in [9.17, 15) is 13.2 Å². The van der Waals surface area contributed by atoms with Gasteiger partial charge < -0.3 is 10.1 Å². The van der Waals surface area contributed by atoms with E-state index in [4.69, 9.17) is 4.74 Å². The second kappa shape index (κ2) is 4.42. The normalized spacial score (nSPS) is 35.6. The van der Waals surface area contributed by atoms with Crippen LogP contribution in [0.2, 0.25) is 0 Å². The van der Waals surface area contributed by atoms with Crippen molar-refractivity contribution in [1.82, 2.24) is 5.32 Å². The Balaban J connectivity index is 2.02. The molecule has 0 saturated carbocycles. The summed E-state index contributed by atoms with van der Waals surface area (Å²) in [7, 11) is -2.97. The van der Waals surface area contributed by atoms with Crippen LogP contribution in [0.4, 0.5) is 0 Å². The van der Waals surface area contributed by atoms with Crippen LogP contribution in [-0.2, 0) is 19.4 Å². The van der Waals surface area contributed by atoms with E-state index in [0.717, 1.165) is 6.42 Å². The third-order valence-electron chi connectivity index (χ3n) is 3.38. The molecule has 2 aliphatic rings. The Morgan fingerprint density at radius 2 is 2.29 bits per heavy atom. The molecule has 2 fully saturated rings. The smallest absolute Gasteiger partial charge is 0.243 e. The molecule has 0 bridgehead atoms. The molecule has 0 radical (unpaired) electrons. The Bertz CT molecular complexity index is 431. The number of hydrogen-bond acceptors (Lipinski definition) is 4. The van der Waals surface area contributed by atoms with Crippen LogP contribution < -0.4 is 5.32 Å². The Morgan fingerprint density at radius 1 is 1.53 bits per heavy atom. The fourth-order valence-corrected chi connectivity index (χ4v) is 4.55. The first-order valence-electron chi connectivity index (χ1n) is 5.72. The van der Waals surface area contributed by atoms with Gasteiger partial charge in [0.15, 0.2) is 9.84 Å². The third kappa shape index (κ3) is 2.87. The summed E-state index contributed by atoms with van der Waals surface area (Å²) in [6.45, 7) is 3.90. The van der Waals surface area contributed by atoms with Gasteiger partial charge >= 0.3 is 0 Å². The minimum atomic E-state index is -2.97. The molecule has 1 N–H and O–H groups in total. The quantitative estimate of drug-likeness (QED) is 0.710. The van der Waals surface area contributed by atoms with Crippen LogP contribution in [-0.4, -0.2) is 44.1 Å². The van der Waals surface area contributed by atoms with Crippen LogP contribution in [0.25, 0.3) is 0 Å². The highest BCUT2D eigenvalue weighted by atomic mass is 32.2. The van der Waals surface area contributed by atoms with Crippen LogP contribution in [0, 0.1) is 0 Å². The molecule has 5 nitrogen and oxygen atoms in total. The summed E-state index contributed by atoms with van der Waals surface area (Å²) < 4.78 is 28.7. The van der Waals surface area contributed by atoms with Gasteiger partial charge in [0.2, 0.25) is 5.91 Å². The van der Waals surface area contributed by atoms with Crippen molar-refractivity contribution in [1.29, 1.82) is 0 Å². The van der Waals surface area contributed by atoms with E-state index < -0.39 is 15.4 Å². The third-order valence-corrected chi connectivity index (χ3v) is 5.17. The van der Waals surface area contributed by atoms with Gasteiger partial charge in [0.05, 0.1) is 17.1 Å². The summed E-state index contributed by atoms with van der Waals surface area (Å²) in [4.78, 5) is 11.2. The molecule has 0 aromatic rings. The lowest BCUT2D eigenvalue weighted by molar-refractivity contribution is -0.119. The van der Waals surface area contributed by atoms with E-state index in [1.54, 1.807) is 0 Å². The van der Waals surface area contributed by atoms with Crippen molar-refractivity contribution in [3.8, 4) is 0 Å². The standard InChI is InChI=1S/C11H17NO4S/c1-2-10(13)12-9-3-5-16-11(7-9)4-6-17(14,15)8-11/h2,9H,1,3-8H2,(H,12,13)/t9-,11-/m0/s1. The topological polar surface area (TPSA) is 72.5 Å². The molecule has 96 valence electrons. The second-order valence-electron chi connectivity index (χ2n) is 4.78. The molecule has 2 rings (SSSR count). The summed E-state index contributed by atoms with van der Waals surface area (Å²) in [6.07, 6.45) is 3.07. The first kappa shape index (κ1) is 12.6. The van der Waals surface area contributed by atoms with Crippen molar-refractivity contribution in [3.63, 3.8) is 0 Å². The highest BCUT2D eigenvalue weighted by molar-refractivity contribution is 7.91. The van der Waals surface area contributed by atoms with E-state index in [0.29, 0.717) is 19.4 Å². The molecule has 2 heterocycles. The van der Waals surface area contributed by atoms with Crippen molar-refractivity contribution >= 4 is 15.7 Å². The Labute approximate surface area is 101 Å². The predicted molar refractivity (Wildman–Crippen MR) is 63.3 cm³/mol. The fourth-order valence-electron chi connectivity index (χ4n) is 2.57. The minimum absolute atomic E-state index is 0.0115. The van der Waals surface area contributed by atoms with Crippen LogP contribution in [0.1, 0.15) is 19.3 Å². The van der Waals surface area contributed by atoms with Crippen LogP contribution in [0.5, 0.6) is 0 Å². The van der Waals surface area contributed by atoms with E-state index in [1.807, 2.05) is 0 Å². The molecule has 1 amide bonds. The van der Waals surface area contributed by atoms with Crippen molar-refractivity contribution in [3.05, 3.63) is 12.7 Å². The van der Waals surface area contributed by atoms with Gasteiger partial charge in [-0.3, -0.25) is 4.79 Å². The average Bonchev–Trinajstić information content (AvgIpc) is 2.54. The van der Waals surface area contributed by atoms with Crippen molar-refractivity contribution in [2.24, 2.45) is 0 Å². The molecule has 1 spiro atoms. The van der Waals surface area contributed by atoms with Gasteiger partial charge in [0.1, 0.15) is 0 Å². The molecule has 0 aromatic heterocycles. The highest BCUT2D eigenvalue weighted by Crippen LogP contribution is 2.35. The Hall–Kier alpha value is -0.880. The molecular weight excluding hydrogens is 242 g/mol. The van der Waals surface area contributed by atoms with Gasteiger partial charge in [-0.1, -0.05) is 6.58 Å². The number of amides is 1. The molecule has 0 aliphatic carbocycles. The lowest BCUT2D eigenvalue weighted by Gasteiger charge is -2.37. The zero-order valence-electron chi connectivity index (χ0n) is 9.65. The number of carbonyl (C=O) groups is 1. The van der Waals surface area contributed by atoms with Crippen LogP contribution in [0.3, 0.4) is 0 Å². The summed E-state index contributed by atoms with van der Waals surface area (Å²) >= 11 is 0. The molecule has 6 heteroatoms. The maximum Gasteiger partial charge on any atom is 0.243 e. The number of nitrogens with one attached hydrogen (secondary N) is 1. The lowest BCUT2D eigenvalue weighted by atomic mass is 9.90. The first-order chi connectivity index (χ1) is 7.95. The van der Waals surface area contributed by atoms with E-state index in [1.165, 1.54) is 6.08 Å². The lowest BCUT2D eigenvalue weighted by Crippen LogP contribution is -2.49. The summed E-state index contributed by atoms with van der Waals surface area (Å²) in [6, 6.07) is -0.0115. The van der Waals surface area contributed by atoms with E-state index in [2.05, 4.69) is 11.9 Å². The first-order valence-corrected chi connectivity index (χ1v) is 7.54. The molecule has 2 saturated heterocycles. The minimum Gasteiger partial charge on any atom is -0.374 e. The van der Waals surface area contributed by atoms with Crippen molar-refractivity contribution in [2.75, 3.05) is 18.1 Å². The zero-order valence-corrected chi connectivity index (χ0v) is 10.5. The molecule has 0 aromatic carbocycles. The monoisotopic (exact) mass is 259 g/mol. The van der Waals surface area contributed by atoms with Crippen LogP contribution in [0.15, 0.2) is 12.7 Å². The number of sulfone groups is 1. The van der Waals surface area contributed by atoms with Crippen LogP contribution >= 0.6 is 0 Å². The Morgan fingerprint density at radius 3 is 2.88 bits per heavy atom. The van der Waals surface area contributed by atoms with Crippen molar-refractivity contribution in [2.45, 2.75) is 30.9 Å². The van der Waals surface area contributed by atoms with Gasteiger partial charge in [0, 0.05) is 12.6 Å². The van der Waals surface area contributed by atoms with Crippen molar-refractivity contribution < 1.29 is 17.9 Å². The van der Waals surface area contributed by atoms with Gasteiger partial charge in [-0.2, -0.15) is 0 Å². The number of carbonyl (C=O) groups excluding carboxylic acids is 1. The van der Waals surface area contributed by atoms with E-state index >= 15 is 0 Å². The molecule has 0 unspecified atom stereocenters. The highest BCUT2D eigenvalue weighted by Gasteiger charge is 2.46. The molecular formula is C11H17NO4S. The molecule has 17 heavy (non-hydrogen) atoms. The maximum absolute atomic E-state index is 11.5. The Kier molecular flexibility index (Phi) is 3.27. The largest absolute Gasteiger partial charge is 0.374 e.